The van der Waals surface area contributed by atoms with E-state index >= 15 is 0 Å². The molecule has 10 heavy (non-hydrogen) atoms. The van der Waals surface area contributed by atoms with Crippen molar-refractivity contribution in [1.29, 1.82) is 0 Å². The van der Waals surface area contributed by atoms with Crippen molar-refractivity contribution in [3.8, 4) is 0 Å². The zero-order valence-corrected chi connectivity index (χ0v) is 6.13. The lowest BCUT2D eigenvalue weighted by atomic mass is 9.90. The van der Waals surface area contributed by atoms with E-state index in [4.69, 9.17) is 10.8 Å². The molecule has 0 aliphatic heterocycles. The predicted molar refractivity (Wildman–Crippen MR) is 37.6 cm³/mol. The first kappa shape index (κ1) is 7.54. The molecule has 1 saturated carbocycles. The van der Waals surface area contributed by atoms with Crippen molar-refractivity contribution < 1.29 is 9.90 Å². The maximum Gasteiger partial charge on any atom is 0.308 e. The van der Waals surface area contributed by atoms with Crippen LogP contribution in [-0.4, -0.2) is 16.6 Å². The van der Waals surface area contributed by atoms with Gasteiger partial charge in [-0.1, -0.05) is 6.42 Å². The van der Waals surface area contributed by atoms with Crippen LogP contribution < -0.4 is 5.73 Å². The quantitative estimate of drug-likeness (QED) is 0.564. The minimum absolute atomic E-state index is 0.326. The molecule has 3 N–H and O–H groups in total. The highest BCUT2D eigenvalue weighted by atomic mass is 16.4. The van der Waals surface area contributed by atoms with E-state index in [0.717, 1.165) is 19.3 Å². The Morgan fingerprint density at radius 1 is 1.80 bits per heavy atom. The number of carboxylic acids is 1. The van der Waals surface area contributed by atoms with Gasteiger partial charge in [0, 0.05) is 5.54 Å². The molecular weight excluding hydrogens is 130 g/mol. The zero-order chi connectivity index (χ0) is 7.78. The van der Waals surface area contributed by atoms with Gasteiger partial charge in [0.05, 0.1) is 5.92 Å². The first-order valence-electron chi connectivity index (χ1n) is 3.56. The molecule has 0 bridgehead atoms. The molecule has 0 amide bonds. The number of carbonyl (C=O) groups is 1. The second-order valence-corrected chi connectivity index (χ2v) is 3.29. The summed E-state index contributed by atoms with van der Waals surface area (Å²) < 4.78 is 0. The third-order valence-electron chi connectivity index (χ3n) is 2.30. The fourth-order valence-electron chi connectivity index (χ4n) is 1.60. The number of rotatable bonds is 1. The molecule has 1 aliphatic rings. The first-order valence-corrected chi connectivity index (χ1v) is 3.56. The molecule has 1 fully saturated rings. The fourth-order valence-corrected chi connectivity index (χ4v) is 1.60. The summed E-state index contributed by atoms with van der Waals surface area (Å²) in [5.41, 5.74) is 5.28. The van der Waals surface area contributed by atoms with Crippen LogP contribution in [0.15, 0.2) is 0 Å². The van der Waals surface area contributed by atoms with Crippen LogP contribution in [0.25, 0.3) is 0 Å². The topological polar surface area (TPSA) is 63.3 Å². The Balaban J connectivity index is 2.68. The number of hydrogen-bond donors (Lipinski definition) is 2. The fraction of sp³-hybridized carbons (Fsp3) is 0.857. The average Bonchev–Trinajstić information content (AvgIpc) is 2.08. The van der Waals surface area contributed by atoms with Crippen molar-refractivity contribution in [2.24, 2.45) is 11.7 Å². The van der Waals surface area contributed by atoms with Gasteiger partial charge in [0.1, 0.15) is 0 Å². The Bertz CT molecular complexity index is 154. The van der Waals surface area contributed by atoms with Crippen molar-refractivity contribution in [2.75, 3.05) is 0 Å². The second-order valence-electron chi connectivity index (χ2n) is 3.29. The van der Waals surface area contributed by atoms with Crippen molar-refractivity contribution in [3.63, 3.8) is 0 Å². The molecule has 0 aromatic heterocycles. The van der Waals surface area contributed by atoms with Crippen LogP contribution in [0.1, 0.15) is 26.2 Å². The minimum Gasteiger partial charge on any atom is -0.481 e. The van der Waals surface area contributed by atoms with Crippen LogP contribution in [0.4, 0.5) is 0 Å². The molecule has 0 heterocycles. The summed E-state index contributed by atoms with van der Waals surface area (Å²) in [5.74, 6) is -1.07. The molecule has 3 heteroatoms. The lowest BCUT2D eigenvalue weighted by Gasteiger charge is -2.22. The molecule has 1 aliphatic carbocycles. The summed E-state index contributed by atoms with van der Waals surface area (Å²) in [6, 6.07) is 0. The first-order chi connectivity index (χ1) is 4.54. The largest absolute Gasteiger partial charge is 0.481 e. The van der Waals surface area contributed by atoms with E-state index in [0.29, 0.717) is 0 Å². The van der Waals surface area contributed by atoms with E-state index < -0.39 is 11.5 Å². The van der Waals surface area contributed by atoms with Crippen molar-refractivity contribution in [3.05, 3.63) is 0 Å². The van der Waals surface area contributed by atoms with E-state index in [1.807, 2.05) is 6.92 Å². The van der Waals surface area contributed by atoms with Crippen LogP contribution in [0.2, 0.25) is 0 Å². The molecule has 0 saturated heterocycles. The van der Waals surface area contributed by atoms with E-state index in [1.54, 1.807) is 0 Å². The Hall–Kier alpha value is -0.570. The summed E-state index contributed by atoms with van der Waals surface area (Å²) in [4.78, 5) is 10.5. The lowest BCUT2D eigenvalue weighted by molar-refractivity contribution is -0.143. The number of aliphatic carboxylic acids is 1. The average molecular weight is 143 g/mol. The van der Waals surface area contributed by atoms with Gasteiger partial charge in [-0.15, -0.1) is 0 Å². The second kappa shape index (κ2) is 2.23. The molecule has 0 spiro atoms. The van der Waals surface area contributed by atoms with Gasteiger partial charge in [0.25, 0.3) is 0 Å². The van der Waals surface area contributed by atoms with Gasteiger partial charge < -0.3 is 10.8 Å². The Morgan fingerprint density at radius 3 is 2.60 bits per heavy atom. The molecule has 58 valence electrons. The van der Waals surface area contributed by atoms with Gasteiger partial charge in [0.15, 0.2) is 0 Å². The Morgan fingerprint density at radius 2 is 2.40 bits per heavy atom. The molecule has 2 atom stereocenters. The van der Waals surface area contributed by atoms with Crippen LogP contribution in [-0.2, 0) is 4.79 Å². The van der Waals surface area contributed by atoms with Gasteiger partial charge in [-0.25, -0.2) is 0 Å². The Kier molecular flexibility index (Phi) is 1.68. The van der Waals surface area contributed by atoms with Gasteiger partial charge in [-0.05, 0) is 19.8 Å². The number of hydrogen-bond acceptors (Lipinski definition) is 2. The predicted octanol–water partition coefficient (Wildman–Crippen LogP) is 0.589. The van der Waals surface area contributed by atoms with E-state index in [-0.39, 0.29) is 5.92 Å². The summed E-state index contributed by atoms with van der Waals surface area (Å²) in [5, 5.41) is 8.67. The van der Waals surface area contributed by atoms with Crippen LogP contribution in [0.3, 0.4) is 0 Å². The van der Waals surface area contributed by atoms with Crippen molar-refractivity contribution in [2.45, 2.75) is 31.7 Å². The molecule has 0 aromatic rings. The maximum atomic E-state index is 10.5. The standard InChI is InChI=1S/C7H13NO2/c1-7(8)4-2-3-5(7)6(9)10/h5H,2-4,8H2,1H3,(H,9,10)/t5-,7+/m0/s1. The van der Waals surface area contributed by atoms with Crippen molar-refractivity contribution >= 4 is 5.97 Å². The Labute approximate surface area is 60.2 Å². The summed E-state index contributed by atoms with van der Waals surface area (Å²) in [6.07, 6.45) is 2.52. The monoisotopic (exact) mass is 143 g/mol. The number of nitrogens with two attached hydrogens (primary N) is 1. The van der Waals surface area contributed by atoms with E-state index in [1.165, 1.54) is 0 Å². The highest BCUT2D eigenvalue weighted by molar-refractivity contribution is 5.72. The van der Waals surface area contributed by atoms with Gasteiger partial charge in [-0.2, -0.15) is 0 Å². The van der Waals surface area contributed by atoms with E-state index in [9.17, 15) is 4.79 Å². The molecule has 3 nitrogen and oxygen atoms in total. The minimum atomic E-state index is -0.748. The van der Waals surface area contributed by atoms with Gasteiger partial charge >= 0.3 is 5.97 Å². The summed E-state index contributed by atoms with van der Waals surface area (Å²) >= 11 is 0. The highest BCUT2D eigenvalue weighted by Crippen LogP contribution is 2.33. The van der Waals surface area contributed by atoms with Crippen LogP contribution in [0, 0.1) is 5.92 Å². The van der Waals surface area contributed by atoms with Crippen LogP contribution in [0.5, 0.6) is 0 Å². The van der Waals surface area contributed by atoms with Crippen molar-refractivity contribution in [1.82, 2.24) is 0 Å². The van der Waals surface area contributed by atoms with Crippen LogP contribution >= 0.6 is 0 Å². The zero-order valence-electron chi connectivity index (χ0n) is 6.13. The smallest absolute Gasteiger partial charge is 0.308 e. The van der Waals surface area contributed by atoms with Gasteiger partial charge in [-0.3, -0.25) is 4.79 Å². The highest BCUT2D eigenvalue weighted by Gasteiger charge is 2.39. The summed E-state index contributed by atoms with van der Waals surface area (Å²) in [7, 11) is 0. The summed E-state index contributed by atoms with van der Waals surface area (Å²) in [6.45, 7) is 1.82. The third-order valence-corrected chi connectivity index (χ3v) is 2.30. The molecule has 0 radical (unpaired) electrons. The lowest BCUT2D eigenvalue weighted by Crippen LogP contribution is -2.43. The molecular formula is C7H13NO2. The normalized spacial score (nSPS) is 40.0. The number of carboxylic acid groups (broad SMARTS) is 1. The van der Waals surface area contributed by atoms with E-state index in [2.05, 4.69) is 0 Å². The SMILES string of the molecule is C[C@@]1(N)CCC[C@H]1C(=O)O. The maximum absolute atomic E-state index is 10.5. The molecule has 1 rings (SSSR count). The molecule has 0 aromatic carbocycles. The molecule has 0 unspecified atom stereocenters. The third kappa shape index (κ3) is 1.14. The van der Waals surface area contributed by atoms with Gasteiger partial charge in [0.2, 0.25) is 0 Å².